The van der Waals surface area contributed by atoms with Crippen molar-refractivity contribution in [3.8, 4) is 0 Å². The molecule has 0 aliphatic heterocycles. The van der Waals surface area contributed by atoms with Crippen molar-refractivity contribution in [2.75, 3.05) is 0 Å². The minimum atomic E-state index is 1.11. The maximum atomic E-state index is 2.31. The van der Waals surface area contributed by atoms with Crippen LogP contribution in [-0.2, 0) is 0 Å². The van der Waals surface area contributed by atoms with Gasteiger partial charge in [0.15, 0.2) is 0 Å². The second-order valence-electron chi connectivity index (χ2n) is 7.04. The third kappa shape index (κ3) is 4.59. The summed E-state index contributed by atoms with van der Waals surface area (Å²) in [5, 5.41) is 0. The van der Waals surface area contributed by atoms with Crippen LogP contribution in [0.4, 0.5) is 0 Å². The molecule has 0 spiro atoms. The third-order valence-electron chi connectivity index (χ3n) is 5.61. The number of fused-ring (bicyclic) bond motifs is 1. The molecule has 0 aromatic heterocycles. The molecule has 0 heteroatoms. The van der Waals surface area contributed by atoms with Crippen molar-refractivity contribution < 1.29 is 0 Å². The van der Waals surface area contributed by atoms with E-state index in [1.165, 1.54) is 51.4 Å². The standard InChI is InChI=1S/C18H34/c1-2-3-4-5-6-7-10-16-13-14-17-11-8-9-12-18(17)15-16/h16-18H,2-15H2,1H3. The Balaban J connectivity index is 1.54. The molecule has 2 aliphatic carbocycles. The zero-order valence-electron chi connectivity index (χ0n) is 12.6. The second-order valence-corrected chi connectivity index (χ2v) is 7.04. The van der Waals surface area contributed by atoms with E-state index in [0.717, 1.165) is 17.8 Å². The predicted octanol–water partition coefficient (Wildman–Crippen LogP) is 6.34. The van der Waals surface area contributed by atoms with Crippen molar-refractivity contribution in [3.63, 3.8) is 0 Å². The van der Waals surface area contributed by atoms with E-state index in [9.17, 15) is 0 Å². The topological polar surface area (TPSA) is 0 Å². The molecule has 0 saturated heterocycles. The number of hydrogen-bond donors (Lipinski definition) is 0. The highest BCUT2D eigenvalue weighted by molar-refractivity contribution is 4.83. The maximum Gasteiger partial charge on any atom is -0.0383 e. The first-order valence-electron chi connectivity index (χ1n) is 8.90. The molecule has 0 amide bonds. The maximum absolute atomic E-state index is 2.31. The zero-order chi connectivity index (χ0) is 12.6. The number of rotatable bonds is 7. The smallest absolute Gasteiger partial charge is 0.0383 e. The lowest BCUT2D eigenvalue weighted by atomic mass is 9.67. The summed E-state index contributed by atoms with van der Waals surface area (Å²) in [5.74, 6) is 3.38. The van der Waals surface area contributed by atoms with E-state index in [4.69, 9.17) is 0 Å². The fourth-order valence-corrected chi connectivity index (χ4v) is 4.45. The van der Waals surface area contributed by atoms with E-state index in [-0.39, 0.29) is 0 Å². The summed E-state index contributed by atoms with van der Waals surface area (Å²) in [6, 6.07) is 0. The largest absolute Gasteiger partial charge is 0.0654 e. The summed E-state index contributed by atoms with van der Waals surface area (Å²) in [7, 11) is 0. The Bertz CT molecular complexity index is 208. The lowest BCUT2D eigenvalue weighted by molar-refractivity contribution is 0.124. The summed E-state index contributed by atoms with van der Waals surface area (Å²) >= 11 is 0. The summed E-state index contributed by atoms with van der Waals surface area (Å²) in [6.45, 7) is 2.31. The summed E-state index contributed by atoms with van der Waals surface area (Å²) in [5.41, 5.74) is 0. The Labute approximate surface area is 115 Å². The molecular weight excluding hydrogens is 216 g/mol. The van der Waals surface area contributed by atoms with E-state index in [0.29, 0.717) is 0 Å². The summed E-state index contributed by atoms with van der Waals surface area (Å²) < 4.78 is 0. The van der Waals surface area contributed by atoms with E-state index in [2.05, 4.69) is 6.92 Å². The van der Waals surface area contributed by atoms with Gasteiger partial charge in [-0.25, -0.2) is 0 Å². The molecule has 18 heavy (non-hydrogen) atoms. The molecule has 0 aromatic carbocycles. The molecule has 106 valence electrons. The monoisotopic (exact) mass is 250 g/mol. The van der Waals surface area contributed by atoms with Crippen LogP contribution in [0.1, 0.15) is 96.8 Å². The lowest BCUT2D eigenvalue weighted by Gasteiger charge is -2.39. The van der Waals surface area contributed by atoms with Gasteiger partial charge in [0.1, 0.15) is 0 Å². The first-order chi connectivity index (χ1) is 8.90. The SMILES string of the molecule is CCCCCCCCC1CCC2CCCCC2C1. The van der Waals surface area contributed by atoms with Gasteiger partial charge in [-0.15, -0.1) is 0 Å². The summed E-state index contributed by atoms with van der Waals surface area (Å²) in [6.07, 6.45) is 21.3. The predicted molar refractivity (Wildman–Crippen MR) is 80.8 cm³/mol. The van der Waals surface area contributed by atoms with Gasteiger partial charge >= 0.3 is 0 Å². The fraction of sp³-hybridized carbons (Fsp3) is 1.00. The van der Waals surface area contributed by atoms with Gasteiger partial charge in [0, 0.05) is 0 Å². The molecule has 3 atom stereocenters. The third-order valence-corrected chi connectivity index (χ3v) is 5.61. The van der Waals surface area contributed by atoms with Gasteiger partial charge in [-0.05, 0) is 30.6 Å². The minimum Gasteiger partial charge on any atom is -0.0654 e. The molecule has 3 unspecified atom stereocenters. The van der Waals surface area contributed by atoms with Crippen molar-refractivity contribution in [2.24, 2.45) is 17.8 Å². The Kier molecular flexibility index (Phi) is 6.59. The van der Waals surface area contributed by atoms with Crippen molar-refractivity contribution in [2.45, 2.75) is 96.8 Å². The highest BCUT2D eigenvalue weighted by Crippen LogP contribution is 2.43. The average molecular weight is 250 g/mol. The lowest BCUT2D eigenvalue weighted by Crippen LogP contribution is -2.27. The Hall–Kier alpha value is 0. The Morgan fingerprint density at radius 2 is 1.44 bits per heavy atom. The molecule has 2 fully saturated rings. The normalized spacial score (nSPS) is 32.2. The zero-order valence-corrected chi connectivity index (χ0v) is 12.6. The van der Waals surface area contributed by atoms with Crippen LogP contribution in [0, 0.1) is 17.8 Å². The second kappa shape index (κ2) is 8.23. The van der Waals surface area contributed by atoms with Crippen molar-refractivity contribution in [1.29, 1.82) is 0 Å². The average Bonchev–Trinajstić information content (AvgIpc) is 2.42. The molecule has 0 heterocycles. The van der Waals surface area contributed by atoms with Crippen LogP contribution in [-0.4, -0.2) is 0 Å². The van der Waals surface area contributed by atoms with Crippen molar-refractivity contribution in [1.82, 2.24) is 0 Å². The first-order valence-corrected chi connectivity index (χ1v) is 8.90. The molecule has 2 saturated carbocycles. The van der Waals surface area contributed by atoms with Gasteiger partial charge in [-0.3, -0.25) is 0 Å². The molecule has 2 aliphatic rings. The first kappa shape index (κ1) is 14.4. The minimum absolute atomic E-state index is 1.11. The van der Waals surface area contributed by atoms with E-state index in [1.54, 1.807) is 38.5 Å². The van der Waals surface area contributed by atoms with Crippen LogP contribution < -0.4 is 0 Å². The van der Waals surface area contributed by atoms with E-state index < -0.39 is 0 Å². The number of unbranched alkanes of at least 4 members (excludes halogenated alkanes) is 5. The highest BCUT2D eigenvalue weighted by atomic mass is 14.4. The van der Waals surface area contributed by atoms with Crippen LogP contribution in [0.3, 0.4) is 0 Å². The van der Waals surface area contributed by atoms with Crippen LogP contribution in [0.25, 0.3) is 0 Å². The Morgan fingerprint density at radius 1 is 0.722 bits per heavy atom. The molecule has 0 bridgehead atoms. The highest BCUT2D eigenvalue weighted by Gasteiger charge is 2.31. The van der Waals surface area contributed by atoms with Crippen molar-refractivity contribution >= 4 is 0 Å². The summed E-state index contributed by atoms with van der Waals surface area (Å²) in [4.78, 5) is 0. The molecule has 0 radical (unpaired) electrons. The van der Waals surface area contributed by atoms with Gasteiger partial charge < -0.3 is 0 Å². The van der Waals surface area contributed by atoms with Gasteiger partial charge in [0.05, 0.1) is 0 Å². The molecule has 2 rings (SSSR count). The van der Waals surface area contributed by atoms with E-state index >= 15 is 0 Å². The van der Waals surface area contributed by atoms with Gasteiger partial charge in [0.2, 0.25) is 0 Å². The number of hydrogen-bond acceptors (Lipinski definition) is 0. The molecule has 0 N–H and O–H groups in total. The quantitative estimate of drug-likeness (QED) is 0.462. The van der Waals surface area contributed by atoms with Gasteiger partial charge in [-0.2, -0.15) is 0 Å². The molecule has 0 nitrogen and oxygen atoms in total. The van der Waals surface area contributed by atoms with Gasteiger partial charge in [-0.1, -0.05) is 84.0 Å². The van der Waals surface area contributed by atoms with Crippen molar-refractivity contribution in [3.05, 3.63) is 0 Å². The molecular formula is C18H34. The fourth-order valence-electron chi connectivity index (χ4n) is 4.45. The molecule has 0 aromatic rings. The van der Waals surface area contributed by atoms with Crippen LogP contribution >= 0.6 is 0 Å². The van der Waals surface area contributed by atoms with Crippen LogP contribution in [0.5, 0.6) is 0 Å². The van der Waals surface area contributed by atoms with Crippen LogP contribution in [0.2, 0.25) is 0 Å². The van der Waals surface area contributed by atoms with Crippen LogP contribution in [0.15, 0.2) is 0 Å². The van der Waals surface area contributed by atoms with E-state index in [1.807, 2.05) is 0 Å². The Morgan fingerprint density at radius 3 is 2.28 bits per heavy atom. The van der Waals surface area contributed by atoms with Gasteiger partial charge in [0.25, 0.3) is 0 Å².